The van der Waals surface area contributed by atoms with Crippen LogP contribution in [0, 0.1) is 0 Å². The lowest BCUT2D eigenvalue weighted by Gasteiger charge is -1.97. The number of aromatic nitrogens is 3. The minimum absolute atomic E-state index is 0.0836. The molecule has 0 aliphatic heterocycles. The number of alkyl halides is 3. The van der Waals surface area contributed by atoms with Gasteiger partial charge in [-0.1, -0.05) is 0 Å². The van der Waals surface area contributed by atoms with Crippen LogP contribution in [0.5, 0.6) is 0 Å². The van der Waals surface area contributed by atoms with Gasteiger partial charge in [-0.2, -0.15) is 13.2 Å². The van der Waals surface area contributed by atoms with Crippen molar-refractivity contribution in [3.05, 3.63) is 11.6 Å². The fraction of sp³-hybridized carbons (Fsp3) is 0.500. The Kier molecular flexibility index (Phi) is 2.73. The van der Waals surface area contributed by atoms with Gasteiger partial charge in [0.05, 0.1) is 6.42 Å². The highest BCUT2D eigenvalue weighted by Gasteiger charge is 2.35. The highest BCUT2D eigenvalue weighted by Crippen LogP contribution is 2.25. The van der Waals surface area contributed by atoms with Gasteiger partial charge in [0.15, 0.2) is 0 Å². The molecule has 0 aliphatic rings. The third-order valence-electron chi connectivity index (χ3n) is 1.36. The summed E-state index contributed by atoms with van der Waals surface area (Å²) < 4.78 is 35.8. The molecule has 5 nitrogen and oxygen atoms in total. The van der Waals surface area contributed by atoms with E-state index in [4.69, 9.17) is 5.11 Å². The molecule has 0 saturated heterocycles. The summed E-state index contributed by atoms with van der Waals surface area (Å²) in [4.78, 5) is 13.2. The molecule has 1 aromatic rings. The van der Waals surface area contributed by atoms with Crippen LogP contribution in [0.1, 0.15) is 18.1 Å². The summed E-state index contributed by atoms with van der Waals surface area (Å²) in [6.07, 6.45) is -4.98. The molecule has 0 atom stereocenters. The molecular formula is C6H6F3N3O2. The lowest BCUT2D eigenvalue weighted by Crippen LogP contribution is -2.07. The number of nitrogens with one attached hydrogen (secondary N) is 1. The quantitative estimate of drug-likeness (QED) is 0.773. The van der Waals surface area contributed by atoms with Gasteiger partial charge in [-0.05, 0) is 0 Å². The maximum absolute atomic E-state index is 11.9. The monoisotopic (exact) mass is 209 g/mol. The van der Waals surface area contributed by atoms with E-state index in [2.05, 4.69) is 10.1 Å². The molecule has 0 fully saturated rings. The molecular weight excluding hydrogens is 203 g/mol. The van der Waals surface area contributed by atoms with Gasteiger partial charge in [-0.15, -0.1) is 5.10 Å². The van der Waals surface area contributed by atoms with Gasteiger partial charge in [0.2, 0.25) is 0 Å². The van der Waals surface area contributed by atoms with Gasteiger partial charge in [-0.25, -0.2) is 4.98 Å². The van der Waals surface area contributed by atoms with Crippen molar-refractivity contribution >= 4 is 5.97 Å². The Hall–Kier alpha value is -1.60. The normalized spacial score (nSPS) is 11.6. The zero-order valence-electron chi connectivity index (χ0n) is 6.80. The van der Waals surface area contributed by atoms with Crippen LogP contribution in [-0.2, 0) is 17.4 Å². The van der Waals surface area contributed by atoms with Gasteiger partial charge < -0.3 is 5.11 Å². The highest BCUT2D eigenvalue weighted by molar-refractivity contribution is 5.66. The molecule has 78 valence electrons. The number of halogens is 3. The summed E-state index contributed by atoms with van der Waals surface area (Å²) >= 11 is 0. The van der Waals surface area contributed by atoms with E-state index in [1.165, 1.54) is 0 Å². The maximum Gasteiger partial charge on any atom is 0.453 e. The Bertz CT molecular complexity index is 333. The molecule has 14 heavy (non-hydrogen) atoms. The minimum atomic E-state index is -4.60. The first-order valence-corrected chi connectivity index (χ1v) is 3.60. The van der Waals surface area contributed by atoms with Crippen LogP contribution in [0.15, 0.2) is 0 Å². The van der Waals surface area contributed by atoms with E-state index in [0.717, 1.165) is 0 Å². The van der Waals surface area contributed by atoms with E-state index in [0.29, 0.717) is 0 Å². The summed E-state index contributed by atoms with van der Waals surface area (Å²) in [5, 5.41) is 13.2. The van der Waals surface area contributed by atoms with Crippen molar-refractivity contribution in [2.24, 2.45) is 0 Å². The van der Waals surface area contributed by atoms with Crippen LogP contribution < -0.4 is 0 Å². The Balaban J connectivity index is 2.64. The van der Waals surface area contributed by atoms with E-state index < -0.39 is 18.0 Å². The summed E-state index contributed by atoms with van der Waals surface area (Å²) in [7, 11) is 0. The van der Waals surface area contributed by atoms with Crippen LogP contribution in [-0.4, -0.2) is 26.3 Å². The molecule has 0 saturated carbocycles. The number of hydrogen-bond donors (Lipinski definition) is 2. The third-order valence-corrected chi connectivity index (χ3v) is 1.36. The van der Waals surface area contributed by atoms with Crippen LogP contribution in [0.2, 0.25) is 0 Å². The number of H-pyrrole nitrogens is 1. The molecule has 1 heterocycles. The molecule has 0 aromatic carbocycles. The second-order valence-electron chi connectivity index (χ2n) is 2.50. The Morgan fingerprint density at radius 1 is 1.50 bits per heavy atom. The fourth-order valence-electron chi connectivity index (χ4n) is 0.759. The van der Waals surface area contributed by atoms with Crippen LogP contribution >= 0.6 is 0 Å². The summed E-state index contributed by atoms with van der Waals surface area (Å²) in [5.74, 6) is -2.47. The van der Waals surface area contributed by atoms with Gasteiger partial charge in [0.25, 0.3) is 5.82 Å². The van der Waals surface area contributed by atoms with Crippen molar-refractivity contribution in [2.45, 2.75) is 19.0 Å². The predicted octanol–water partition coefficient (Wildman–Crippen LogP) is 0.841. The molecule has 1 rings (SSSR count). The number of nitrogens with zero attached hydrogens (tertiary/aromatic N) is 2. The molecule has 2 N–H and O–H groups in total. The standard InChI is InChI=1S/C6H6F3N3O2/c7-6(8,9)5-10-3(11-12-5)1-2-4(13)14/h1-2H2,(H,13,14)(H,10,11,12). The second-order valence-corrected chi connectivity index (χ2v) is 2.50. The Morgan fingerprint density at radius 3 is 2.57 bits per heavy atom. The molecule has 0 amide bonds. The topological polar surface area (TPSA) is 78.9 Å². The average Bonchev–Trinajstić information content (AvgIpc) is 2.47. The zero-order chi connectivity index (χ0) is 10.8. The van der Waals surface area contributed by atoms with Crippen LogP contribution in [0.25, 0.3) is 0 Å². The van der Waals surface area contributed by atoms with Crippen molar-refractivity contribution in [1.29, 1.82) is 0 Å². The third kappa shape index (κ3) is 2.71. The van der Waals surface area contributed by atoms with Gasteiger partial charge >= 0.3 is 12.1 Å². The van der Waals surface area contributed by atoms with Crippen LogP contribution in [0.4, 0.5) is 13.2 Å². The summed E-state index contributed by atoms with van der Waals surface area (Å²) in [5.41, 5.74) is 0. The van der Waals surface area contributed by atoms with E-state index in [-0.39, 0.29) is 18.7 Å². The lowest BCUT2D eigenvalue weighted by atomic mass is 10.3. The number of carboxylic acid groups (broad SMARTS) is 1. The molecule has 0 bridgehead atoms. The average molecular weight is 209 g/mol. The highest BCUT2D eigenvalue weighted by atomic mass is 19.4. The lowest BCUT2D eigenvalue weighted by molar-refractivity contribution is -0.144. The minimum Gasteiger partial charge on any atom is -0.481 e. The smallest absolute Gasteiger partial charge is 0.453 e. The number of hydrogen-bond acceptors (Lipinski definition) is 3. The summed E-state index contributed by atoms with van der Waals surface area (Å²) in [6, 6.07) is 0. The van der Waals surface area contributed by atoms with E-state index in [9.17, 15) is 18.0 Å². The fourth-order valence-corrected chi connectivity index (χ4v) is 0.759. The second kappa shape index (κ2) is 3.64. The molecule has 0 radical (unpaired) electrons. The molecule has 0 unspecified atom stereocenters. The van der Waals surface area contributed by atoms with Crippen LogP contribution in [0.3, 0.4) is 0 Å². The molecule has 8 heteroatoms. The summed E-state index contributed by atoms with van der Waals surface area (Å²) in [6.45, 7) is 0. The predicted molar refractivity (Wildman–Crippen MR) is 37.3 cm³/mol. The van der Waals surface area contributed by atoms with E-state index in [1.807, 2.05) is 5.10 Å². The number of carboxylic acids is 1. The van der Waals surface area contributed by atoms with Crippen molar-refractivity contribution in [3.8, 4) is 0 Å². The molecule has 1 aromatic heterocycles. The van der Waals surface area contributed by atoms with Crippen molar-refractivity contribution < 1.29 is 23.1 Å². The molecule has 0 aliphatic carbocycles. The SMILES string of the molecule is O=C(O)CCc1nc(C(F)(F)F)n[nH]1. The number of aliphatic carboxylic acids is 1. The van der Waals surface area contributed by atoms with Gasteiger partial charge in [-0.3, -0.25) is 9.89 Å². The first kappa shape index (κ1) is 10.5. The Labute approximate surface area is 76.0 Å². The largest absolute Gasteiger partial charge is 0.481 e. The Morgan fingerprint density at radius 2 is 2.14 bits per heavy atom. The number of carbonyl (C=O) groups is 1. The zero-order valence-corrected chi connectivity index (χ0v) is 6.80. The number of rotatable bonds is 3. The van der Waals surface area contributed by atoms with Gasteiger partial charge in [0.1, 0.15) is 5.82 Å². The first-order chi connectivity index (χ1) is 6.39. The van der Waals surface area contributed by atoms with E-state index >= 15 is 0 Å². The number of aryl methyl sites for hydroxylation is 1. The maximum atomic E-state index is 11.9. The van der Waals surface area contributed by atoms with Crippen molar-refractivity contribution in [2.75, 3.05) is 0 Å². The van der Waals surface area contributed by atoms with E-state index in [1.54, 1.807) is 0 Å². The van der Waals surface area contributed by atoms with Crippen molar-refractivity contribution in [3.63, 3.8) is 0 Å². The first-order valence-electron chi connectivity index (χ1n) is 3.60. The molecule has 0 spiro atoms. The number of aromatic amines is 1. The van der Waals surface area contributed by atoms with Crippen molar-refractivity contribution in [1.82, 2.24) is 15.2 Å². The van der Waals surface area contributed by atoms with Gasteiger partial charge in [0, 0.05) is 6.42 Å².